The summed E-state index contributed by atoms with van der Waals surface area (Å²) >= 11 is 8.30. The number of para-hydroxylation sites is 1. The SMILES string of the molecule is C[C@@H](OC(=O)[C@@H](C/C=C1\CCN(c2ccccc2)C1=O)Nc1cc(Cl)ccc1I)C(=O)OC(C)(C)C. The Morgan fingerprint density at radius 3 is 2.53 bits per heavy atom. The maximum atomic E-state index is 13.1. The number of anilines is 2. The van der Waals surface area contributed by atoms with Crippen molar-refractivity contribution in [3.05, 3.63) is 68.8 Å². The zero-order valence-corrected chi connectivity index (χ0v) is 23.6. The van der Waals surface area contributed by atoms with Crippen LogP contribution in [0.25, 0.3) is 0 Å². The summed E-state index contributed by atoms with van der Waals surface area (Å²) in [6, 6.07) is 13.9. The smallest absolute Gasteiger partial charge is 0.347 e. The van der Waals surface area contributed by atoms with E-state index < -0.39 is 29.7 Å². The van der Waals surface area contributed by atoms with Gasteiger partial charge in [0.15, 0.2) is 6.10 Å². The van der Waals surface area contributed by atoms with Crippen molar-refractivity contribution in [2.45, 2.75) is 58.3 Å². The van der Waals surface area contributed by atoms with Gasteiger partial charge in [0.2, 0.25) is 0 Å². The Balaban J connectivity index is 1.77. The number of rotatable bonds is 8. The first-order valence-corrected chi connectivity index (χ1v) is 13.1. The molecule has 0 radical (unpaired) electrons. The van der Waals surface area contributed by atoms with Crippen LogP contribution in [0.4, 0.5) is 11.4 Å². The van der Waals surface area contributed by atoms with Gasteiger partial charge in [-0.25, -0.2) is 9.59 Å². The van der Waals surface area contributed by atoms with Crippen LogP contribution in [0.5, 0.6) is 0 Å². The molecule has 1 fully saturated rings. The third-order valence-electron chi connectivity index (χ3n) is 5.37. The van der Waals surface area contributed by atoms with Crippen LogP contribution in [0.1, 0.15) is 40.5 Å². The molecule has 7 nitrogen and oxygen atoms in total. The summed E-state index contributed by atoms with van der Waals surface area (Å²) < 4.78 is 11.6. The van der Waals surface area contributed by atoms with Gasteiger partial charge in [-0.3, -0.25) is 4.79 Å². The zero-order valence-electron chi connectivity index (χ0n) is 20.7. The lowest BCUT2D eigenvalue weighted by atomic mass is 10.1. The van der Waals surface area contributed by atoms with E-state index in [1.54, 1.807) is 43.9 Å². The summed E-state index contributed by atoms with van der Waals surface area (Å²) in [4.78, 5) is 40.2. The lowest BCUT2D eigenvalue weighted by Gasteiger charge is -2.24. The minimum Gasteiger partial charge on any atom is -0.457 e. The predicted molar refractivity (Wildman–Crippen MR) is 149 cm³/mol. The third kappa shape index (κ3) is 7.70. The van der Waals surface area contributed by atoms with Gasteiger partial charge < -0.3 is 19.7 Å². The largest absolute Gasteiger partial charge is 0.457 e. The molecule has 0 unspecified atom stereocenters. The van der Waals surface area contributed by atoms with Crippen LogP contribution >= 0.6 is 34.2 Å². The fraction of sp³-hybridized carbons (Fsp3) is 0.370. The number of nitrogens with one attached hydrogen (secondary N) is 1. The summed E-state index contributed by atoms with van der Waals surface area (Å²) in [6.07, 6.45) is 1.43. The Kier molecular flexibility index (Phi) is 9.41. The van der Waals surface area contributed by atoms with Crippen molar-refractivity contribution in [2.75, 3.05) is 16.8 Å². The van der Waals surface area contributed by atoms with E-state index in [9.17, 15) is 14.4 Å². The van der Waals surface area contributed by atoms with Gasteiger partial charge in [-0.2, -0.15) is 0 Å². The Bertz CT molecular complexity index is 1150. The molecule has 1 N–H and O–H groups in total. The van der Waals surface area contributed by atoms with Gasteiger partial charge in [0.05, 0.1) is 0 Å². The number of esters is 2. The van der Waals surface area contributed by atoms with E-state index in [-0.39, 0.29) is 12.3 Å². The van der Waals surface area contributed by atoms with E-state index in [1.165, 1.54) is 6.92 Å². The normalized spacial score (nSPS) is 16.6. The Morgan fingerprint density at radius 2 is 1.86 bits per heavy atom. The van der Waals surface area contributed by atoms with Crippen LogP contribution in [-0.4, -0.2) is 42.1 Å². The van der Waals surface area contributed by atoms with Gasteiger partial charge in [0, 0.05) is 32.1 Å². The molecule has 1 amide bonds. The molecule has 192 valence electrons. The average molecular weight is 625 g/mol. The Labute approximate surface area is 230 Å². The molecular weight excluding hydrogens is 595 g/mol. The molecule has 0 bridgehead atoms. The van der Waals surface area contributed by atoms with Crippen molar-refractivity contribution >= 4 is 63.4 Å². The first kappa shape index (κ1) is 28.0. The maximum Gasteiger partial charge on any atom is 0.347 e. The van der Waals surface area contributed by atoms with E-state index in [0.717, 1.165) is 9.26 Å². The number of amides is 1. The average Bonchev–Trinajstić information content (AvgIpc) is 3.18. The molecule has 0 spiro atoms. The van der Waals surface area contributed by atoms with Gasteiger partial charge >= 0.3 is 11.9 Å². The monoisotopic (exact) mass is 624 g/mol. The van der Waals surface area contributed by atoms with Crippen LogP contribution in [0, 0.1) is 3.57 Å². The molecule has 1 heterocycles. The number of hydrogen-bond donors (Lipinski definition) is 1. The zero-order chi connectivity index (χ0) is 26.5. The van der Waals surface area contributed by atoms with Gasteiger partial charge in [-0.15, -0.1) is 0 Å². The molecule has 0 aliphatic carbocycles. The van der Waals surface area contributed by atoms with Gasteiger partial charge in [0.25, 0.3) is 5.91 Å². The second-order valence-corrected chi connectivity index (χ2v) is 11.0. The molecule has 1 aliphatic heterocycles. The van der Waals surface area contributed by atoms with Crippen LogP contribution in [0.2, 0.25) is 5.02 Å². The van der Waals surface area contributed by atoms with Gasteiger partial charge in [-0.05, 0) is 93.5 Å². The number of carbonyl (C=O) groups is 3. The molecule has 1 aliphatic rings. The van der Waals surface area contributed by atoms with Gasteiger partial charge in [-0.1, -0.05) is 35.9 Å². The van der Waals surface area contributed by atoms with Crippen LogP contribution in [-0.2, 0) is 23.9 Å². The molecule has 0 saturated carbocycles. The highest BCUT2D eigenvalue weighted by molar-refractivity contribution is 14.1. The van der Waals surface area contributed by atoms with Gasteiger partial charge in [0.1, 0.15) is 11.6 Å². The lowest BCUT2D eigenvalue weighted by molar-refractivity contribution is -0.174. The van der Waals surface area contributed by atoms with E-state index >= 15 is 0 Å². The summed E-state index contributed by atoms with van der Waals surface area (Å²) in [6.45, 7) is 7.28. The topological polar surface area (TPSA) is 84.9 Å². The van der Waals surface area contributed by atoms with E-state index in [2.05, 4.69) is 27.9 Å². The highest BCUT2D eigenvalue weighted by atomic mass is 127. The fourth-order valence-electron chi connectivity index (χ4n) is 3.62. The predicted octanol–water partition coefficient (Wildman–Crippen LogP) is 5.75. The number of hydrogen-bond acceptors (Lipinski definition) is 6. The summed E-state index contributed by atoms with van der Waals surface area (Å²) in [5.41, 5.74) is 1.40. The second-order valence-electron chi connectivity index (χ2n) is 9.44. The molecule has 1 saturated heterocycles. The van der Waals surface area contributed by atoms with Crippen molar-refractivity contribution in [3.63, 3.8) is 0 Å². The molecule has 2 atom stereocenters. The van der Waals surface area contributed by atoms with Crippen molar-refractivity contribution in [3.8, 4) is 0 Å². The minimum absolute atomic E-state index is 0.0900. The first-order chi connectivity index (χ1) is 16.9. The highest BCUT2D eigenvalue weighted by Crippen LogP contribution is 2.27. The Morgan fingerprint density at radius 1 is 1.17 bits per heavy atom. The summed E-state index contributed by atoms with van der Waals surface area (Å²) in [5.74, 6) is -1.35. The van der Waals surface area contributed by atoms with Crippen molar-refractivity contribution in [1.29, 1.82) is 0 Å². The maximum absolute atomic E-state index is 13.1. The minimum atomic E-state index is -1.09. The third-order valence-corrected chi connectivity index (χ3v) is 6.54. The summed E-state index contributed by atoms with van der Waals surface area (Å²) in [7, 11) is 0. The van der Waals surface area contributed by atoms with Crippen molar-refractivity contribution in [1.82, 2.24) is 0 Å². The van der Waals surface area contributed by atoms with Crippen molar-refractivity contribution in [2.24, 2.45) is 0 Å². The molecule has 9 heteroatoms. The van der Waals surface area contributed by atoms with Crippen LogP contribution < -0.4 is 10.2 Å². The quantitative estimate of drug-likeness (QED) is 0.229. The molecule has 3 rings (SSSR count). The first-order valence-electron chi connectivity index (χ1n) is 11.7. The molecule has 36 heavy (non-hydrogen) atoms. The number of benzene rings is 2. The molecule has 2 aromatic carbocycles. The van der Waals surface area contributed by atoms with Crippen molar-refractivity contribution < 1.29 is 23.9 Å². The standard InChI is InChI=1S/C27H30ClIN2O5/c1-17(25(33)36-27(2,3)4)35-26(34)22(30-23-16-19(28)11-12-21(23)29)13-10-18-14-15-31(24(18)32)20-8-6-5-7-9-20/h5-12,16-17,22,30H,13-15H2,1-4H3/b18-10+/t17-,22-/m1/s1. The number of ether oxygens (including phenoxy) is 2. The highest BCUT2D eigenvalue weighted by Gasteiger charge is 2.30. The van der Waals surface area contributed by atoms with Crippen LogP contribution in [0.3, 0.4) is 0 Å². The number of carbonyl (C=O) groups excluding carboxylic acids is 3. The Hall–Kier alpha value is -2.59. The second kappa shape index (κ2) is 12.1. The number of halogens is 2. The molecule has 0 aromatic heterocycles. The molecular formula is C27H30ClIN2O5. The summed E-state index contributed by atoms with van der Waals surface area (Å²) in [5, 5.41) is 3.68. The van der Waals surface area contributed by atoms with Crippen LogP contribution in [0.15, 0.2) is 60.2 Å². The lowest BCUT2D eigenvalue weighted by Crippen LogP contribution is -2.38. The van der Waals surface area contributed by atoms with E-state index in [4.69, 9.17) is 21.1 Å². The van der Waals surface area contributed by atoms with E-state index in [0.29, 0.717) is 29.2 Å². The number of nitrogens with zero attached hydrogens (tertiary/aromatic N) is 1. The van der Waals surface area contributed by atoms with E-state index in [1.807, 2.05) is 36.4 Å². The molecule has 2 aromatic rings. The fourth-order valence-corrected chi connectivity index (χ4v) is 4.28.